The molecule has 6 heteroatoms. The predicted molar refractivity (Wildman–Crippen MR) is 145 cm³/mol. The quantitative estimate of drug-likeness (QED) is 0.278. The van der Waals surface area contributed by atoms with E-state index < -0.39 is 5.91 Å². The number of rotatable bonds is 9. The van der Waals surface area contributed by atoms with Gasteiger partial charge in [-0.3, -0.25) is 14.4 Å². The summed E-state index contributed by atoms with van der Waals surface area (Å²) in [4.78, 5) is 39.2. The summed E-state index contributed by atoms with van der Waals surface area (Å²) in [7, 11) is 0. The van der Waals surface area contributed by atoms with Gasteiger partial charge >= 0.3 is 0 Å². The van der Waals surface area contributed by atoms with Crippen molar-refractivity contribution in [2.45, 2.75) is 20.3 Å². The average Bonchev–Trinajstić information content (AvgIpc) is 2.91. The highest BCUT2D eigenvalue weighted by Crippen LogP contribution is 2.24. The van der Waals surface area contributed by atoms with Crippen molar-refractivity contribution in [3.05, 3.63) is 125 Å². The minimum Gasteiger partial charge on any atom is -0.494 e. The third-order valence-electron chi connectivity index (χ3n) is 5.75. The highest BCUT2D eigenvalue weighted by atomic mass is 16.5. The van der Waals surface area contributed by atoms with Crippen LogP contribution in [0.2, 0.25) is 0 Å². The molecule has 186 valence electrons. The highest BCUT2D eigenvalue weighted by Gasteiger charge is 2.18. The van der Waals surface area contributed by atoms with Crippen LogP contribution in [-0.2, 0) is 11.2 Å². The van der Waals surface area contributed by atoms with Gasteiger partial charge in [-0.2, -0.15) is 0 Å². The smallest absolute Gasteiger partial charge is 0.257 e. The minimum absolute atomic E-state index is 0.149. The molecule has 0 heterocycles. The van der Waals surface area contributed by atoms with Crippen LogP contribution in [0.4, 0.5) is 11.4 Å². The fourth-order valence-electron chi connectivity index (χ4n) is 3.93. The van der Waals surface area contributed by atoms with E-state index in [1.54, 1.807) is 60.7 Å². The molecule has 4 aromatic rings. The van der Waals surface area contributed by atoms with Gasteiger partial charge in [-0.05, 0) is 55.8 Å². The van der Waals surface area contributed by atoms with Crippen molar-refractivity contribution in [1.82, 2.24) is 0 Å². The van der Waals surface area contributed by atoms with Crippen LogP contribution in [0.5, 0.6) is 5.75 Å². The molecule has 2 N–H and O–H groups in total. The van der Waals surface area contributed by atoms with Gasteiger partial charge in [0.1, 0.15) is 5.75 Å². The number of benzene rings is 4. The van der Waals surface area contributed by atoms with E-state index in [0.717, 1.165) is 16.9 Å². The van der Waals surface area contributed by atoms with Crippen LogP contribution in [0, 0.1) is 6.92 Å². The molecule has 0 fully saturated rings. The van der Waals surface area contributed by atoms with E-state index in [0.29, 0.717) is 34.7 Å². The third-order valence-corrected chi connectivity index (χ3v) is 5.75. The summed E-state index contributed by atoms with van der Waals surface area (Å²) in [6.07, 6.45) is 0.149. The van der Waals surface area contributed by atoms with Crippen molar-refractivity contribution in [3.63, 3.8) is 0 Å². The van der Waals surface area contributed by atoms with E-state index in [2.05, 4.69) is 10.6 Å². The molecule has 2 amide bonds. The van der Waals surface area contributed by atoms with E-state index in [4.69, 9.17) is 4.74 Å². The predicted octanol–water partition coefficient (Wildman–Crippen LogP) is 6.06. The number of amides is 2. The summed E-state index contributed by atoms with van der Waals surface area (Å²) in [5.41, 5.74) is 3.74. The average molecular weight is 493 g/mol. The van der Waals surface area contributed by atoms with Crippen molar-refractivity contribution < 1.29 is 19.1 Å². The van der Waals surface area contributed by atoms with Gasteiger partial charge in [-0.15, -0.1) is 0 Å². The molecular weight excluding hydrogens is 464 g/mol. The summed E-state index contributed by atoms with van der Waals surface area (Å²) in [5, 5.41) is 5.70. The number of hydrogen-bond acceptors (Lipinski definition) is 4. The molecular formula is C31H28N2O4. The number of carbonyl (C=O) groups excluding carboxylic acids is 3. The topological polar surface area (TPSA) is 84.5 Å². The summed E-state index contributed by atoms with van der Waals surface area (Å²) in [6, 6.07) is 28.3. The Morgan fingerprint density at radius 2 is 1.41 bits per heavy atom. The normalized spacial score (nSPS) is 10.4. The van der Waals surface area contributed by atoms with E-state index in [9.17, 15) is 14.4 Å². The fourth-order valence-corrected chi connectivity index (χ4v) is 3.93. The molecule has 0 saturated heterocycles. The zero-order chi connectivity index (χ0) is 26.2. The van der Waals surface area contributed by atoms with Crippen molar-refractivity contribution in [1.29, 1.82) is 0 Å². The molecule has 0 atom stereocenters. The molecule has 0 saturated carbocycles. The lowest BCUT2D eigenvalue weighted by Gasteiger charge is -2.14. The second-order valence-corrected chi connectivity index (χ2v) is 8.55. The monoisotopic (exact) mass is 492 g/mol. The van der Waals surface area contributed by atoms with Gasteiger partial charge in [0.05, 0.1) is 30.0 Å². The second kappa shape index (κ2) is 11.8. The maximum atomic E-state index is 13.3. The summed E-state index contributed by atoms with van der Waals surface area (Å²) < 4.78 is 5.44. The first-order valence-corrected chi connectivity index (χ1v) is 12.1. The van der Waals surface area contributed by atoms with Crippen LogP contribution < -0.4 is 15.4 Å². The van der Waals surface area contributed by atoms with Gasteiger partial charge < -0.3 is 15.4 Å². The van der Waals surface area contributed by atoms with Crippen molar-refractivity contribution >= 4 is 29.0 Å². The lowest BCUT2D eigenvalue weighted by Crippen LogP contribution is -2.20. The first-order chi connectivity index (χ1) is 17.9. The highest BCUT2D eigenvalue weighted by molar-refractivity contribution is 6.16. The van der Waals surface area contributed by atoms with Crippen molar-refractivity contribution in [2.75, 3.05) is 17.2 Å². The van der Waals surface area contributed by atoms with E-state index in [-0.39, 0.29) is 18.1 Å². The molecule has 0 unspecified atom stereocenters. The molecule has 0 spiro atoms. The Labute approximate surface area is 216 Å². The van der Waals surface area contributed by atoms with Crippen LogP contribution in [0.1, 0.15) is 44.3 Å². The standard InChI is InChI=1S/C31H28N2O4/c1-3-37-24-16-14-22(15-17-24)20-29(34)32-27-12-8-7-11-25(27)31(36)33-28-18-13-21(2)19-26(28)30(35)23-9-5-4-6-10-23/h4-19H,3,20H2,1-2H3,(H,32,34)(H,33,36). The molecule has 0 aliphatic carbocycles. The Balaban J connectivity index is 1.51. The largest absolute Gasteiger partial charge is 0.494 e. The van der Waals surface area contributed by atoms with Gasteiger partial charge in [0.25, 0.3) is 5.91 Å². The number of carbonyl (C=O) groups is 3. The maximum Gasteiger partial charge on any atom is 0.257 e. The summed E-state index contributed by atoms with van der Waals surface area (Å²) in [5.74, 6) is -0.117. The summed E-state index contributed by atoms with van der Waals surface area (Å²) in [6.45, 7) is 4.38. The Hall–Kier alpha value is -4.71. The van der Waals surface area contributed by atoms with Gasteiger partial charge in [0.15, 0.2) is 5.78 Å². The molecule has 0 aliphatic rings. The number of para-hydroxylation sites is 1. The molecule has 0 aliphatic heterocycles. The zero-order valence-corrected chi connectivity index (χ0v) is 20.8. The molecule has 4 aromatic carbocycles. The number of nitrogens with one attached hydrogen (secondary N) is 2. The molecule has 6 nitrogen and oxygen atoms in total. The second-order valence-electron chi connectivity index (χ2n) is 8.55. The van der Waals surface area contributed by atoms with Crippen molar-refractivity contribution in [2.24, 2.45) is 0 Å². The molecule has 0 radical (unpaired) electrons. The SMILES string of the molecule is CCOc1ccc(CC(=O)Nc2ccccc2C(=O)Nc2ccc(C)cc2C(=O)c2ccccc2)cc1. The molecule has 37 heavy (non-hydrogen) atoms. The van der Waals surface area contributed by atoms with Crippen LogP contribution in [-0.4, -0.2) is 24.2 Å². The van der Waals surface area contributed by atoms with Crippen LogP contribution >= 0.6 is 0 Å². The van der Waals surface area contributed by atoms with Crippen LogP contribution in [0.3, 0.4) is 0 Å². The lowest BCUT2D eigenvalue weighted by atomic mass is 9.99. The summed E-state index contributed by atoms with van der Waals surface area (Å²) >= 11 is 0. The Morgan fingerprint density at radius 1 is 0.730 bits per heavy atom. The van der Waals surface area contributed by atoms with Crippen LogP contribution in [0.15, 0.2) is 97.1 Å². The first-order valence-electron chi connectivity index (χ1n) is 12.1. The number of ether oxygens (including phenoxy) is 1. The van der Waals surface area contributed by atoms with Gasteiger partial charge in [-0.25, -0.2) is 0 Å². The van der Waals surface area contributed by atoms with Gasteiger partial charge in [0, 0.05) is 11.1 Å². The van der Waals surface area contributed by atoms with E-state index in [1.807, 2.05) is 50.2 Å². The first kappa shape index (κ1) is 25.4. The van der Waals surface area contributed by atoms with Crippen molar-refractivity contribution in [3.8, 4) is 5.75 Å². The molecule has 4 rings (SSSR count). The zero-order valence-electron chi connectivity index (χ0n) is 20.8. The molecule has 0 bridgehead atoms. The number of ketones is 1. The maximum absolute atomic E-state index is 13.3. The fraction of sp³-hybridized carbons (Fsp3) is 0.129. The van der Waals surface area contributed by atoms with Gasteiger partial charge in [-0.1, -0.05) is 66.2 Å². The Kier molecular flexibility index (Phi) is 8.11. The number of hydrogen-bond donors (Lipinski definition) is 2. The third kappa shape index (κ3) is 6.49. The Bertz CT molecular complexity index is 1410. The number of anilines is 2. The van der Waals surface area contributed by atoms with Gasteiger partial charge in [0.2, 0.25) is 5.91 Å². The van der Waals surface area contributed by atoms with E-state index in [1.165, 1.54) is 0 Å². The molecule has 0 aromatic heterocycles. The Morgan fingerprint density at radius 3 is 2.14 bits per heavy atom. The lowest BCUT2D eigenvalue weighted by molar-refractivity contribution is -0.115. The van der Waals surface area contributed by atoms with E-state index >= 15 is 0 Å². The van der Waals surface area contributed by atoms with Crippen LogP contribution in [0.25, 0.3) is 0 Å². The number of aryl methyl sites for hydroxylation is 1. The minimum atomic E-state index is -0.428.